The highest BCUT2D eigenvalue weighted by Crippen LogP contribution is 2.20. The molecule has 0 fully saturated rings. The number of aryl methyl sites for hydroxylation is 3. The molecule has 2 aromatic rings. The van der Waals surface area contributed by atoms with Crippen LogP contribution in [0.4, 0.5) is 0 Å². The summed E-state index contributed by atoms with van der Waals surface area (Å²) in [6, 6.07) is 11.0. The molecule has 0 bridgehead atoms. The molecule has 0 saturated heterocycles. The van der Waals surface area contributed by atoms with Crippen LogP contribution in [-0.4, -0.2) is 0 Å². The molecule has 90 valence electrons. The Morgan fingerprint density at radius 2 is 1.71 bits per heavy atom. The van der Waals surface area contributed by atoms with Gasteiger partial charge in [0.05, 0.1) is 0 Å². The number of rotatable bonds is 4. The molecule has 0 aliphatic heterocycles. The van der Waals surface area contributed by atoms with Gasteiger partial charge in [-0.25, -0.2) is 0 Å². The maximum Gasteiger partial charge on any atom is 0.0219 e. The van der Waals surface area contributed by atoms with Crippen LogP contribution < -0.4 is 5.32 Å². The predicted octanol–water partition coefficient (Wildman–Crippen LogP) is 3.96. The fourth-order valence-electron chi connectivity index (χ4n) is 1.91. The van der Waals surface area contributed by atoms with Crippen molar-refractivity contribution in [2.45, 2.75) is 33.9 Å². The Bertz CT molecular complexity index is 482. The van der Waals surface area contributed by atoms with Gasteiger partial charge in [-0.05, 0) is 38.0 Å². The zero-order chi connectivity index (χ0) is 12.3. The molecule has 17 heavy (non-hydrogen) atoms. The zero-order valence-electron chi connectivity index (χ0n) is 10.7. The Balaban J connectivity index is 1.87. The number of hydrogen-bond acceptors (Lipinski definition) is 2. The van der Waals surface area contributed by atoms with Crippen molar-refractivity contribution in [3.8, 4) is 0 Å². The third-order valence-electron chi connectivity index (χ3n) is 2.91. The van der Waals surface area contributed by atoms with Crippen LogP contribution in [0.5, 0.6) is 0 Å². The Morgan fingerprint density at radius 3 is 2.29 bits per heavy atom. The lowest BCUT2D eigenvalue weighted by molar-refractivity contribution is 0.692. The first-order valence-corrected chi connectivity index (χ1v) is 6.79. The van der Waals surface area contributed by atoms with Crippen molar-refractivity contribution in [3.63, 3.8) is 0 Å². The molecule has 1 aromatic carbocycles. The van der Waals surface area contributed by atoms with E-state index < -0.39 is 0 Å². The summed E-state index contributed by atoms with van der Waals surface area (Å²) < 4.78 is 0. The normalized spacial score (nSPS) is 10.8. The Hall–Kier alpha value is -1.12. The Labute approximate surface area is 108 Å². The Morgan fingerprint density at radius 1 is 1.00 bits per heavy atom. The SMILES string of the molecule is Cc1ccc(CNCc2cc(C)sc2C)cc1. The first kappa shape index (κ1) is 12.3. The third kappa shape index (κ3) is 3.42. The monoisotopic (exact) mass is 245 g/mol. The average molecular weight is 245 g/mol. The van der Waals surface area contributed by atoms with Gasteiger partial charge in [-0.1, -0.05) is 29.8 Å². The second kappa shape index (κ2) is 5.48. The van der Waals surface area contributed by atoms with Gasteiger partial charge < -0.3 is 5.32 Å². The molecule has 0 radical (unpaired) electrons. The minimum absolute atomic E-state index is 0.939. The van der Waals surface area contributed by atoms with Crippen LogP contribution in [0.2, 0.25) is 0 Å². The highest BCUT2D eigenvalue weighted by atomic mass is 32.1. The van der Waals surface area contributed by atoms with E-state index >= 15 is 0 Å². The van der Waals surface area contributed by atoms with Crippen LogP contribution in [0.3, 0.4) is 0 Å². The molecule has 0 aliphatic carbocycles. The molecule has 1 N–H and O–H groups in total. The molecule has 0 unspecified atom stereocenters. The lowest BCUT2D eigenvalue weighted by Crippen LogP contribution is -2.12. The van der Waals surface area contributed by atoms with Crippen molar-refractivity contribution < 1.29 is 0 Å². The summed E-state index contributed by atoms with van der Waals surface area (Å²) in [6.07, 6.45) is 0. The van der Waals surface area contributed by atoms with Gasteiger partial charge in [0, 0.05) is 22.8 Å². The van der Waals surface area contributed by atoms with Crippen molar-refractivity contribution in [2.24, 2.45) is 0 Å². The van der Waals surface area contributed by atoms with Gasteiger partial charge in [-0.15, -0.1) is 11.3 Å². The van der Waals surface area contributed by atoms with Gasteiger partial charge in [0.1, 0.15) is 0 Å². The predicted molar refractivity (Wildman–Crippen MR) is 75.5 cm³/mol. The van der Waals surface area contributed by atoms with Gasteiger partial charge in [-0.3, -0.25) is 0 Å². The number of thiophene rings is 1. The summed E-state index contributed by atoms with van der Waals surface area (Å²) in [5.74, 6) is 0. The maximum atomic E-state index is 3.50. The van der Waals surface area contributed by atoms with E-state index in [1.165, 1.54) is 26.4 Å². The van der Waals surface area contributed by atoms with Gasteiger partial charge in [0.15, 0.2) is 0 Å². The van der Waals surface area contributed by atoms with Crippen molar-refractivity contribution in [1.29, 1.82) is 0 Å². The second-order valence-corrected chi connectivity index (χ2v) is 5.99. The van der Waals surface area contributed by atoms with Crippen LogP contribution in [-0.2, 0) is 13.1 Å². The largest absolute Gasteiger partial charge is 0.309 e. The van der Waals surface area contributed by atoms with Crippen molar-refractivity contribution in [1.82, 2.24) is 5.32 Å². The summed E-state index contributed by atoms with van der Waals surface area (Å²) in [7, 11) is 0. The molecule has 1 heterocycles. The van der Waals surface area contributed by atoms with E-state index in [1.54, 1.807) is 0 Å². The molecule has 1 aromatic heterocycles. The molecule has 2 heteroatoms. The highest BCUT2D eigenvalue weighted by molar-refractivity contribution is 7.12. The molecule has 1 nitrogen and oxygen atoms in total. The minimum Gasteiger partial charge on any atom is -0.309 e. The minimum atomic E-state index is 0.939. The van der Waals surface area contributed by atoms with E-state index in [0.29, 0.717) is 0 Å². The van der Waals surface area contributed by atoms with E-state index in [9.17, 15) is 0 Å². The summed E-state index contributed by atoms with van der Waals surface area (Å²) >= 11 is 1.88. The molecular weight excluding hydrogens is 226 g/mol. The summed E-state index contributed by atoms with van der Waals surface area (Å²) in [5.41, 5.74) is 4.10. The average Bonchev–Trinajstić information content (AvgIpc) is 2.60. The molecule has 2 rings (SSSR count). The van der Waals surface area contributed by atoms with E-state index in [1.807, 2.05) is 11.3 Å². The quantitative estimate of drug-likeness (QED) is 0.859. The van der Waals surface area contributed by atoms with Crippen LogP contribution >= 0.6 is 11.3 Å². The van der Waals surface area contributed by atoms with Crippen molar-refractivity contribution in [3.05, 3.63) is 56.8 Å². The topological polar surface area (TPSA) is 12.0 Å². The van der Waals surface area contributed by atoms with Crippen LogP contribution in [0.15, 0.2) is 30.3 Å². The first-order valence-electron chi connectivity index (χ1n) is 5.97. The zero-order valence-corrected chi connectivity index (χ0v) is 11.5. The van der Waals surface area contributed by atoms with E-state index in [0.717, 1.165) is 13.1 Å². The molecule has 0 amide bonds. The maximum absolute atomic E-state index is 3.50. The van der Waals surface area contributed by atoms with Gasteiger partial charge >= 0.3 is 0 Å². The van der Waals surface area contributed by atoms with E-state index in [-0.39, 0.29) is 0 Å². The standard InChI is InChI=1S/C15H19NS/c1-11-4-6-14(7-5-11)9-16-10-15-8-12(2)17-13(15)3/h4-8,16H,9-10H2,1-3H3. The van der Waals surface area contributed by atoms with Crippen LogP contribution in [0, 0.1) is 20.8 Å². The molecule has 0 spiro atoms. The van der Waals surface area contributed by atoms with E-state index in [2.05, 4.69) is 56.4 Å². The Kier molecular flexibility index (Phi) is 3.97. The number of nitrogens with one attached hydrogen (secondary N) is 1. The van der Waals surface area contributed by atoms with Crippen LogP contribution in [0.25, 0.3) is 0 Å². The summed E-state index contributed by atoms with van der Waals surface area (Å²) in [6.45, 7) is 8.38. The van der Waals surface area contributed by atoms with Gasteiger partial charge in [-0.2, -0.15) is 0 Å². The smallest absolute Gasteiger partial charge is 0.0219 e. The molecule has 0 aliphatic rings. The first-order chi connectivity index (χ1) is 8.15. The van der Waals surface area contributed by atoms with Crippen LogP contribution in [0.1, 0.15) is 26.4 Å². The second-order valence-electron chi connectivity index (χ2n) is 4.53. The van der Waals surface area contributed by atoms with Gasteiger partial charge in [0.25, 0.3) is 0 Å². The lowest BCUT2D eigenvalue weighted by atomic mass is 10.1. The third-order valence-corrected chi connectivity index (χ3v) is 3.92. The fraction of sp³-hybridized carbons (Fsp3) is 0.333. The molecule has 0 atom stereocenters. The fourth-order valence-corrected chi connectivity index (χ4v) is 2.85. The van der Waals surface area contributed by atoms with Crippen molar-refractivity contribution in [2.75, 3.05) is 0 Å². The lowest BCUT2D eigenvalue weighted by Gasteiger charge is -2.05. The highest BCUT2D eigenvalue weighted by Gasteiger charge is 2.01. The summed E-state index contributed by atoms with van der Waals surface area (Å²) in [4.78, 5) is 2.83. The molecule has 0 saturated carbocycles. The van der Waals surface area contributed by atoms with E-state index in [4.69, 9.17) is 0 Å². The number of benzene rings is 1. The summed E-state index contributed by atoms with van der Waals surface area (Å²) in [5, 5.41) is 3.50. The van der Waals surface area contributed by atoms with Gasteiger partial charge in [0.2, 0.25) is 0 Å². The van der Waals surface area contributed by atoms with Crippen molar-refractivity contribution >= 4 is 11.3 Å². The molecular formula is C15H19NS. The number of hydrogen-bond donors (Lipinski definition) is 1.